The number of para-hydroxylation sites is 2. The van der Waals surface area contributed by atoms with E-state index in [2.05, 4.69) is 126 Å². The molecule has 296 valence electrons. The molecule has 57 heavy (non-hydrogen) atoms. The largest absolute Gasteiger partial charge is 0.494 e. The minimum atomic E-state index is -0.399. The van der Waals surface area contributed by atoms with Gasteiger partial charge < -0.3 is 23.7 Å². The van der Waals surface area contributed by atoms with Crippen molar-refractivity contribution >= 4 is 0 Å². The molecule has 2 atom stereocenters. The minimum Gasteiger partial charge on any atom is -0.494 e. The minimum absolute atomic E-state index is 0.230. The van der Waals surface area contributed by atoms with Gasteiger partial charge in [0, 0.05) is 10.8 Å². The molecular weight excluding hydrogens is 705 g/mol. The quantitative estimate of drug-likeness (QED) is 0.0775. The second-order valence-corrected chi connectivity index (χ2v) is 15.8. The molecule has 0 aliphatic heterocycles. The van der Waals surface area contributed by atoms with Gasteiger partial charge in [0.1, 0.15) is 34.5 Å². The average molecular weight is 763 g/mol. The summed E-state index contributed by atoms with van der Waals surface area (Å²) in [6.07, 6.45) is 2.80. The van der Waals surface area contributed by atoms with Crippen LogP contribution < -0.4 is 18.9 Å². The van der Waals surface area contributed by atoms with Crippen molar-refractivity contribution in [3.63, 3.8) is 0 Å². The highest BCUT2D eigenvalue weighted by molar-refractivity contribution is 5.39. The first-order chi connectivity index (χ1) is 27.6. The summed E-state index contributed by atoms with van der Waals surface area (Å²) in [5.74, 6) is 4.96. The molecule has 0 saturated heterocycles. The van der Waals surface area contributed by atoms with Crippen molar-refractivity contribution in [2.45, 2.75) is 90.3 Å². The van der Waals surface area contributed by atoms with Crippen molar-refractivity contribution in [2.24, 2.45) is 0 Å². The molecule has 2 unspecified atom stereocenters. The van der Waals surface area contributed by atoms with Crippen molar-refractivity contribution in [2.75, 3.05) is 13.2 Å². The van der Waals surface area contributed by atoms with Gasteiger partial charge in [-0.25, -0.2) is 0 Å². The van der Waals surface area contributed by atoms with Gasteiger partial charge in [0.2, 0.25) is 0 Å². The van der Waals surface area contributed by atoms with Crippen molar-refractivity contribution in [1.29, 1.82) is 0 Å². The fraction of sp³-hybridized carbons (Fsp3) is 0.308. The lowest BCUT2D eigenvalue weighted by Gasteiger charge is -2.43. The van der Waals surface area contributed by atoms with Crippen LogP contribution in [0.2, 0.25) is 0 Å². The molecule has 6 rings (SSSR count). The van der Waals surface area contributed by atoms with Crippen LogP contribution in [0, 0.1) is 0 Å². The first kappa shape index (κ1) is 41.1. The monoisotopic (exact) mass is 762 g/mol. The summed E-state index contributed by atoms with van der Waals surface area (Å²) in [4.78, 5) is 0. The van der Waals surface area contributed by atoms with E-state index >= 15 is 0 Å². The second kappa shape index (κ2) is 19.6. The molecule has 0 aliphatic carbocycles. The fourth-order valence-corrected chi connectivity index (χ4v) is 7.07. The first-order valence-electron chi connectivity index (χ1n) is 20.4. The molecule has 0 fully saturated rings. The van der Waals surface area contributed by atoms with E-state index in [1.54, 1.807) is 0 Å². The van der Waals surface area contributed by atoms with Crippen LogP contribution in [0.3, 0.4) is 0 Å². The number of ether oxygens (including phenoxy) is 5. The Kier molecular flexibility index (Phi) is 14.1. The lowest BCUT2D eigenvalue weighted by molar-refractivity contribution is -0.0753. The van der Waals surface area contributed by atoms with Gasteiger partial charge in [-0.1, -0.05) is 126 Å². The van der Waals surface area contributed by atoms with Crippen LogP contribution in [0.1, 0.15) is 76.6 Å². The van der Waals surface area contributed by atoms with Crippen LogP contribution >= 0.6 is 0 Å². The van der Waals surface area contributed by atoms with E-state index in [-0.39, 0.29) is 12.2 Å². The maximum Gasteiger partial charge on any atom is 0.127 e. The van der Waals surface area contributed by atoms with Gasteiger partial charge in [0.25, 0.3) is 0 Å². The average Bonchev–Trinajstić information content (AvgIpc) is 3.23. The molecule has 6 aromatic rings. The van der Waals surface area contributed by atoms with Gasteiger partial charge in [-0.15, -0.1) is 0 Å². The summed E-state index contributed by atoms with van der Waals surface area (Å²) in [7, 11) is 0. The van der Waals surface area contributed by atoms with Crippen LogP contribution in [0.5, 0.6) is 34.5 Å². The zero-order valence-electron chi connectivity index (χ0n) is 34.4. The van der Waals surface area contributed by atoms with Crippen LogP contribution in [0.15, 0.2) is 158 Å². The molecule has 0 aromatic heterocycles. The van der Waals surface area contributed by atoms with Crippen LogP contribution in [-0.2, 0) is 28.4 Å². The maximum atomic E-state index is 7.66. The van der Waals surface area contributed by atoms with E-state index in [0.29, 0.717) is 26.1 Å². The smallest absolute Gasteiger partial charge is 0.127 e. The predicted molar refractivity (Wildman–Crippen MR) is 232 cm³/mol. The van der Waals surface area contributed by atoms with Gasteiger partial charge in [-0.3, -0.25) is 0 Å². The highest BCUT2D eigenvalue weighted by Gasteiger charge is 2.40. The lowest BCUT2D eigenvalue weighted by atomic mass is 9.74. The number of hydrogen-bond donors (Lipinski definition) is 0. The zero-order chi connectivity index (χ0) is 40.1. The number of hydrogen-bond acceptors (Lipinski definition) is 5. The second-order valence-electron chi connectivity index (χ2n) is 15.8. The molecule has 0 N–H and O–H groups in total. The van der Waals surface area contributed by atoms with Gasteiger partial charge >= 0.3 is 0 Å². The third-order valence-electron chi connectivity index (χ3n) is 10.7. The fourth-order valence-electron chi connectivity index (χ4n) is 7.07. The number of benzene rings is 6. The Labute approximate surface area is 340 Å². The van der Waals surface area contributed by atoms with Crippen molar-refractivity contribution < 1.29 is 23.7 Å². The first-order valence-corrected chi connectivity index (χ1v) is 20.4. The molecule has 0 aliphatic rings. The molecular formula is C52H58O5. The molecule has 5 heteroatoms. The Morgan fingerprint density at radius 2 is 0.772 bits per heavy atom. The summed E-state index contributed by atoms with van der Waals surface area (Å²) < 4.78 is 32.2. The molecule has 5 nitrogen and oxygen atoms in total. The Bertz CT molecular complexity index is 1940. The van der Waals surface area contributed by atoms with Crippen LogP contribution in [-0.4, -0.2) is 25.4 Å². The van der Waals surface area contributed by atoms with Gasteiger partial charge in [0.05, 0.1) is 25.4 Å². The molecule has 0 radical (unpaired) electrons. The van der Waals surface area contributed by atoms with Crippen molar-refractivity contribution in [3.05, 3.63) is 180 Å². The normalized spacial score (nSPS) is 12.7. The summed E-state index contributed by atoms with van der Waals surface area (Å²) in [5, 5.41) is 0. The summed E-state index contributed by atoms with van der Waals surface area (Å²) >= 11 is 0. The predicted octanol–water partition coefficient (Wildman–Crippen LogP) is 13.3. The molecule has 0 bridgehead atoms. The van der Waals surface area contributed by atoms with E-state index < -0.39 is 10.8 Å². The van der Waals surface area contributed by atoms with E-state index in [1.807, 2.05) is 72.8 Å². The van der Waals surface area contributed by atoms with Crippen LogP contribution in [0.25, 0.3) is 0 Å². The summed E-state index contributed by atoms with van der Waals surface area (Å²) in [6, 6.07) is 53.7. The molecule has 0 saturated carbocycles. The van der Waals surface area contributed by atoms with Crippen molar-refractivity contribution in [1.82, 2.24) is 0 Å². The Hall–Kier alpha value is -5.52. The zero-order valence-corrected chi connectivity index (χ0v) is 34.4. The maximum absolute atomic E-state index is 7.66. The SMILES string of the molecule is CCCOc1ccc(C(C)(C)C(Cc2cccc(Oc3ccccc3)c2)OC(Cc2cccc(Oc3ccccc3)c2)C(C)(C)c2ccc(OCCC)cc2)cc1. The highest BCUT2D eigenvalue weighted by atomic mass is 16.5. The summed E-state index contributed by atoms with van der Waals surface area (Å²) in [5.41, 5.74) is 3.84. The van der Waals surface area contributed by atoms with Crippen LogP contribution in [0.4, 0.5) is 0 Å². The standard InChI is InChI=1S/C52H58O5/c1-7-33-53-43-29-25-41(26-30-43)51(3,4)49(37-39-17-15-23-47(35-39)55-45-19-11-9-12-20-45)57-50(52(5,6)42-27-31-44(32-28-42)54-34-8-2)38-40-18-16-24-48(36-40)56-46-21-13-10-14-22-46/h9-32,35-36,49-50H,7-8,33-34,37-38H2,1-6H3. The van der Waals surface area contributed by atoms with Gasteiger partial charge in [-0.05, 0) is 121 Å². The third kappa shape index (κ3) is 11.3. The molecule has 0 spiro atoms. The lowest BCUT2D eigenvalue weighted by Crippen LogP contribution is -2.46. The highest BCUT2D eigenvalue weighted by Crippen LogP contribution is 2.39. The Morgan fingerprint density at radius 3 is 1.14 bits per heavy atom. The summed E-state index contributed by atoms with van der Waals surface area (Å²) in [6.45, 7) is 14.8. The molecule has 6 aromatic carbocycles. The molecule has 0 heterocycles. The third-order valence-corrected chi connectivity index (χ3v) is 10.7. The van der Waals surface area contributed by atoms with Crippen molar-refractivity contribution in [3.8, 4) is 34.5 Å². The Balaban J connectivity index is 1.38. The Morgan fingerprint density at radius 1 is 0.404 bits per heavy atom. The number of rotatable bonds is 20. The van der Waals surface area contributed by atoms with Gasteiger partial charge in [0.15, 0.2) is 0 Å². The topological polar surface area (TPSA) is 46.2 Å². The van der Waals surface area contributed by atoms with E-state index in [1.165, 1.54) is 11.1 Å². The van der Waals surface area contributed by atoms with E-state index in [9.17, 15) is 0 Å². The van der Waals surface area contributed by atoms with Gasteiger partial charge in [-0.2, -0.15) is 0 Å². The van der Waals surface area contributed by atoms with E-state index in [4.69, 9.17) is 23.7 Å². The van der Waals surface area contributed by atoms with E-state index in [0.717, 1.165) is 58.5 Å². The molecule has 0 amide bonds.